The minimum atomic E-state index is -4.74. The van der Waals surface area contributed by atoms with E-state index in [1.54, 1.807) is 18.2 Å². The van der Waals surface area contributed by atoms with Crippen molar-refractivity contribution in [3.63, 3.8) is 0 Å². The first kappa shape index (κ1) is 16.6. The van der Waals surface area contributed by atoms with Crippen molar-refractivity contribution in [2.24, 2.45) is 0 Å². The molecular weight excluding hydrogens is 305 g/mol. The Bertz CT molecular complexity index is 682. The van der Waals surface area contributed by atoms with Crippen molar-refractivity contribution in [2.75, 3.05) is 0 Å². The fraction of sp³-hybridized carbons (Fsp3) is 0.118. The highest BCUT2D eigenvalue weighted by Gasteiger charge is 2.31. The molecule has 0 bridgehead atoms. The second-order valence-electron chi connectivity index (χ2n) is 4.67. The molecule has 2 rings (SSSR count). The minimum absolute atomic E-state index is 0.0597. The number of hydrogen-bond acceptors (Lipinski definition) is 2. The van der Waals surface area contributed by atoms with Crippen LogP contribution in [-0.4, -0.2) is 12.2 Å². The molecule has 0 fully saturated rings. The van der Waals surface area contributed by atoms with Crippen molar-refractivity contribution in [2.45, 2.75) is 12.9 Å². The van der Waals surface area contributed by atoms with Crippen LogP contribution >= 0.6 is 0 Å². The summed E-state index contributed by atoms with van der Waals surface area (Å²) in [6, 6.07) is 15.2. The molecule has 0 aliphatic rings. The molecule has 0 saturated carbocycles. The van der Waals surface area contributed by atoms with E-state index in [0.29, 0.717) is 5.56 Å². The summed E-state index contributed by atoms with van der Waals surface area (Å²) in [7, 11) is 0. The Morgan fingerprint density at radius 2 is 1.70 bits per heavy atom. The van der Waals surface area contributed by atoms with Crippen molar-refractivity contribution in [1.29, 1.82) is 5.41 Å². The lowest BCUT2D eigenvalue weighted by Crippen LogP contribution is -2.22. The zero-order chi connectivity index (χ0) is 16.7. The topological polar surface area (TPSA) is 45.1 Å². The highest BCUT2D eigenvalue weighted by molar-refractivity contribution is 5.93. The number of alkyl halides is 3. The predicted octanol–water partition coefficient (Wildman–Crippen LogP) is 4.37. The number of halogens is 3. The summed E-state index contributed by atoms with van der Waals surface area (Å²) < 4.78 is 41.0. The van der Waals surface area contributed by atoms with Crippen molar-refractivity contribution < 1.29 is 17.9 Å². The lowest BCUT2D eigenvalue weighted by Gasteiger charge is -2.13. The van der Waals surface area contributed by atoms with Gasteiger partial charge in [-0.15, -0.1) is 13.2 Å². The largest absolute Gasteiger partial charge is 0.573 e. The first-order chi connectivity index (χ1) is 10.9. The van der Waals surface area contributed by atoms with Gasteiger partial charge in [0.05, 0.1) is 0 Å². The number of benzene rings is 2. The van der Waals surface area contributed by atoms with E-state index in [4.69, 9.17) is 5.41 Å². The van der Waals surface area contributed by atoms with Gasteiger partial charge in [-0.3, -0.25) is 5.41 Å². The van der Waals surface area contributed by atoms with Crippen LogP contribution in [0.25, 0.3) is 6.08 Å². The molecule has 0 spiro atoms. The molecule has 120 valence electrons. The van der Waals surface area contributed by atoms with Gasteiger partial charge in [0, 0.05) is 12.1 Å². The van der Waals surface area contributed by atoms with E-state index in [0.717, 1.165) is 5.56 Å². The molecule has 2 aromatic rings. The predicted molar refractivity (Wildman–Crippen MR) is 83.2 cm³/mol. The van der Waals surface area contributed by atoms with Crippen LogP contribution in [0, 0.1) is 5.41 Å². The molecule has 0 aliphatic carbocycles. The standard InChI is InChI=1S/C17H15F3N2O/c18-17(19,20)23-15-9-5-4-8-14(15)12-22-16(21)11-10-13-6-2-1-3-7-13/h1-11H,12H2,(H2,21,22)/b11-10+. The molecule has 23 heavy (non-hydrogen) atoms. The second kappa shape index (κ2) is 7.49. The van der Waals surface area contributed by atoms with Crippen LogP contribution in [-0.2, 0) is 6.54 Å². The first-order valence-corrected chi connectivity index (χ1v) is 6.83. The summed E-state index contributed by atoms with van der Waals surface area (Å²) in [6.45, 7) is 0.0597. The summed E-state index contributed by atoms with van der Waals surface area (Å²) in [5.74, 6) is -0.178. The molecule has 6 heteroatoms. The van der Waals surface area contributed by atoms with E-state index in [9.17, 15) is 13.2 Å². The van der Waals surface area contributed by atoms with Crippen LogP contribution in [0.1, 0.15) is 11.1 Å². The van der Waals surface area contributed by atoms with Crippen molar-refractivity contribution in [1.82, 2.24) is 5.32 Å². The molecule has 0 amide bonds. The van der Waals surface area contributed by atoms with E-state index in [1.165, 1.54) is 18.2 Å². The Morgan fingerprint density at radius 3 is 2.39 bits per heavy atom. The van der Waals surface area contributed by atoms with Crippen molar-refractivity contribution >= 4 is 11.9 Å². The van der Waals surface area contributed by atoms with Gasteiger partial charge in [0.2, 0.25) is 0 Å². The number of rotatable bonds is 5. The van der Waals surface area contributed by atoms with Crippen LogP contribution in [0.15, 0.2) is 60.7 Å². The Balaban J connectivity index is 1.95. The fourth-order valence-electron chi connectivity index (χ4n) is 1.87. The van der Waals surface area contributed by atoms with E-state index in [-0.39, 0.29) is 18.1 Å². The summed E-state index contributed by atoms with van der Waals surface area (Å²) in [6.07, 6.45) is -1.45. The summed E-state index contributed by atoms with van der Waals surface area (Å²) in [4.78, 5) is 0. The van der Waals surface area contributed by atoms with E-state index < -0.39 is 6.36 Å². The Kier molecular flexibility index (Phi) is 5.41. The van der Waals surface area contributed by atoms with E-state index in [1.807, 2.05) is 30.3 Å². The zero-order valence-electron chi connectivity index (χ0n) is 12.1. The van der Waals surface area contributed by atoms with Gasteiger partial charge in [-0.2, -0.15) is 0 Å². The lowest BCUT2D eigenvalue weighted by molar-refractivity contribution is -0.274. The third kappa shape index (κ3) is 5.86. The minimum Gasteiger partial charge on any atom is -0.405 e. The maximum absolute atomic E-state index is 12.3. The number of amidine groups is 1. The number of hydrogen-bond donors (Lipinski definition) is 2. The molecule has 2 aromatic carbocycles. The van der Waals surface area contributed by atoms with Gasteiger partial charge in [0.1, 0.15) is 11.6 Å². The monoisotopic (exact) mass is 320 g/mol. The summed E-state index contributed by atoms with van der Waals surface area (Å²) in [5, 5.41) is 10.5. The Hall–Kier alpha value is -2.76. The van der Waals surface area contributed by atoms with E-state index in [2.05, 4.69) is 10.1 Å². The van der Waals surface area contributed by atoms with Crippen LogP contribution < -0.4 is 10.1 Å². The van der Waals surface area contributed by atoms with Crippen LogP contribution in [0.3, 0.4) is 0 Å². The third-order valence-electron chi connectivity index (χ3n) is 2.91. The SMILES string of the molecule is N=C(/C=C/c1ccccc1)NCc1ccccc1OC(F)(F)F. The molecule has 0 saturated heterocycles. The molecule has 0 heterocycles. The third-order valence-corrected chi connectivity index (χ3v) is 2.91. The molecule has 0 aliphatic heterocycles. The maximum Gasteiger partial charge on any atom is 0.573 e. The van der Waals surface area contributed by atoms with Gasteiger partial charge in [0.25, 0.3) is 0 Å². The smallest absolute Gasteiger partial charge is 0.405 e. The number of para-hydroxylation sites is 1. The molecule has 0 aromatic heterocycles. The average Bonchev–Trinajstić information content (AvgIpc) is 2.51. The highest BCUT2D eigenvalue weighted by atomic mass is 19.4. The number of nitrogens with one attached hydrogen (secondary N) is 2. The summed E-state index contributed by atoms with van der Waals surface area (Å²) in [5.41, 5.74) is 1.25. The quantitative estimate of drug-likeness (QED) is 0.635. The summed E-state index contributed by atoms with van der Waals surface area (Å²) >= 11 is 0. The normalized spacial score (nSPS) is 11.4. The number of ether oxygens (including phenoxy) is 1. The molecule has 2 N–H and O–H groups in total. The van der Waals surface area contributed by atoms with E-state index >= 15 is 0 Å². The molecule has 3 nitrogen and oxygen atoms in total. The average molecular weight is 320 g/mol. The Morgan fingerprint density at radius 1 is 1.04 bits per heavy atom. The maximum atomic E-state index is 12.3. The molecule has 0 atom stereocenters. The van der Waals surface area contributed by atoms with Gasteiger partial charge in [-0.1, -0.05) is 54.6 Å². The highest BCUT2D eigenvalue weighted by Crippen LogP contribution is 2.26. The van der Waals surface area contributed by atoms with Gasteiger partial charge in [-0.25, -0.2) is 0 Å². The van der Waals surface area contributed by atoms with Crippen molar-refractivity contribution in [3.05, 3.63) is 71.8 Å². The first-order valence-electron chi connectivity index (χ1n) is 6.83. The van der Waals surface area contributed by atoms with Gasteiger partial charge >= 0.3 is 6.36 Å². The van der Waals surface area contributed by atoms with Crippen LogP contribution in [0.5, 0.6) is 5.75 Å². The van der Waals surface area contributed by atoms with Crippen LogP contribution in [0.2, 0.25) is 0 Å². The lowest BCUT2D eigenvalue weighted by atomic mass is 10.2. The molecule has 0 unspecified atom stereocenters. The second-order valence-corrected chi connectivity index (χ2v) is 4.67. The molecule has 0 radical (unpaired) electrons. The van der Waals surface area contributed by atoms with Crippen molar-refractivity contribution in [3.8, 4) is 5.75 Å². The fourth-order valence-corrected chi connectivity index (χ4v) is 1.87. The van der Waals surface area contributed by atoms with Crippen LogP contribution in [0.4, 0.5) is 13.2 Å². The zero-order valence-corrected chi connectivity index (χ0v) is 12.1. The Labute approximate surface area is 131 Å². The molecular formula is C17H15F3N2O. The van der Waals surface area contributed by atoms with Gasteiger partial charge in [0.15, 0.2) is 0 Å². The van der Waals surface area contributed by atoms with Gasteiger partial charge < -0.3 is 10.1 Å². The van der Waals surface area contributed by atoms with Gasteiger partial charge in [-0.05, 0) is 17.7 Å².